The van der Waals surface area contributed by atoms with Gasteiger partial charge in [0, 0.05) is 13.0 Å². The first-order chi connectivity index (χ1) is 9.04. The molecule has 0 aliphatic heterocycles. The van der Waals surface area contributed by atoms with Gasteiger partial charge in [0.25, 0.3) is 5.91 Å². The van der Waals surface area contributed by atoms with Gasteiger partial charge in [0.2, 0.25) is 5.91 Å². The summed E-state index contributed by atoms with van der Waals surface area (Å²) in [4.78, 5) is 34.0. The summed E-state index contributed by atoms with van der Waals surface area (Å²) in [5.41, 5.74) is 0. The highest BCUT2D eigenvalue weighted by molar-refractivity contribution is 7.12. The van der Waals surface area contributed by atoms with E-state index in [4.69, 9.17) is 10.2 Å². The van der Waals surface area contributed by atoms with E-state index in [2.05, 4.69) is 10.6 Å². The highest BCUT2D eigenvalue weighted by Crippen LogP contribution is 2.07. The molecular formula is C11H14N2O5S. The molecule has 2 amide bonds. The van der Waals surface area contributed by atoms with Crippen molar-refractivity contribution in [3.63, 3.8) is 0 Å². The van der Waals surface area contributed by atoms with Gasteiger partial charge in [-0.15, -0.1) is 11.3 Å². The molecule has 0 fully saturated rings. The molecule has 0 radical (unpaired) electrons. The number of aliphatic hydroxyl groups is 1. The molecule has 1 aromatic rings. The molecule has 19 heavy (non-hydrogen) atoms. The maximum Gasteiger partial charge on any atom is 0.328 e. The van der Waals surface area contributed by atoms with Crippen molar-refractivity contribution in [3.05, 3.63) is 22.4 Å². The van der Waals surface area contributed by atoms with Gasteiger partial charge in [-0.2, -0.15) is 0 Å². The van der Waals surface area contributed by atoms with Crippen molar-refractivity contribution < 1.29 is 24.6 Å². The zero-order chi connectivity index (χ0) is 14.3. The van der Waals surface area contributed by atoms with Crippen LogP contribution in [0.1, 0.15) is 16.1 Å². The fourth-order valence-electron chi connectivity index (χ4n) is 1.24. The maximum atomic E-state index is 11.5. The van der Waals surface area contributed by atoms with Gasteiger partial charge < -0.3 is 20.8 Å². The third-order valence-electron chi connectivity index (χ3n) is 2.20. The lowest BCUT2D eigenvalue weighted by molar-refractivity contribution is -0.142. The number of carbonyl (C=O) groups is 3. The van der Waals surface area contributed by atoms with Crippen LogP contribution in [0.4, 0.5) is 0 Å². The van der Waals surface area contributed by atoms with E-state index >= 15 is 0 Å². The highest BCUT2D eigenvalue weighted by atomic mass is 32.1. The minimum atomic E-state index is -1.32. The lowest BCUT2D eigenvalue weighted by Gasteiger charge is -2.11. The van der Waals surface area contributed by atoms with Crippen LogP contribution in [0.3, 0.4) is 0 Å². The molecule has 1 heterocycles. The van der Waals surface area contributed by atoms with Gasteiger partial charge >= 0.3 is 5.97 Å². The van der Waals surface area contributed by atoms with Crippen molar-refractivity contribution in [2.45, 2.75) is 12.5 Å². The zero-order valence-corrected chi connectivity index (χ0v) is 10.8. The molecular weight excluding hydrogens is 272 g/mol. The molecule has 0 saturated heterocycles. The van der Waals surface area contributed by atoms with E-state index < -0.39 is 24.5 Å². The van der Waals surface area contributed by atoms with Crippen molar-refractivity contribution in [2.75, 3.05) is 13.2 Å². The zero-order valence-electron chi connectivity index (χ0n) is 9.96. The molecule has 1 unspecified atom stereocenters. The van der Waals surface area contributed by atoms with Crippen LogP contribution >= 0.6 is 11.3 Å². The number of nitrogens with one attached hydrogen (secondary N) is 2. The van der Waals surface area contributed by atoms with E-state index in [-0.39, 0.29) is 18.9 Å². The Hall–Kier alpha value is -1.93. The maximum absolute atomic E-state index is 11.5. The van der Waals surface area contributed by atoms with Crippen LogP contribution in [0.2, 0.25) is 0 Å². The van der Waals surface area contributed by atoms with E-state index in [0.717, 1.165) is 0 Å². The van der Waals surface area contributed by atoms with Gasteiger partial charge in [-0.3, -0.25) is 9.59 Å². The van der Waals surface area contributed by atoms with Gasteiger partial charge in [0.05, 0.1) is 11.5 Å². The molecule has 0 aliphatic rings. The summed E-state index contributed by atoms with van der Waals surface area (Å²) in [5, 5.41) is 23.8. The van der Waals surface area contributed by atoms with Crippen molar-refractivity contribution in [1.82, 2.24) is 10.6 Å². The SMILES string of the molecule is O=C(CCNC(=O)c1cccs1)NC(CO)C(=O)O. The minimum absolute atomic E-state index is 0.0547. The molecule has 0 saturated carbocycles. The summed E-state index contributed by atoms with van der Waals surface area (Å²) in [6.07, 6.45) is -0.0547. The van der Waals surface area contributed by atoms with E-state index in [1.54, 1.807) is 17.5 Å². The third-order valence-corrected chi connectivity index (χ3v) is 3.07. The second-order valence-corrected chi connectivity index (χ2v) is 4.57. The summed E-state index contributed by atoms with van der Waals surface area (Å²) in [6, 6.07) is 2.08. The molecule has 104 valence electrons. The summed E-state index contributed by atoms with van der Waals surface area (Å²) < 4.78 is 0. The second-order valence-electron chi connectivity index (χ2n) is 3.62. The molecule has 0 bridgehead atoms. The van der Waals surface area contributed by atoms with Crippen LogP contribution in [0.5, 0.6) is 0 Å². The fourth-order valence-corrected chi connectivity index (χ4v) is 1.88. The van der Waals surface area contributed by atoms with Gasteiger partial charge in [-0.05, 0) is 11.4 Å². The Bertz CT molecular complexity index is 446. The molecule has 0 aromatic carbocycles. The van der Waals surface area contributed by atoms with Crippen molar-refractivity contribution in [3.8, 4) is 0 Å². The Balaban J connectivity index is 2.27. The quantitative estimate of drug-likeness (QED) is 0.536. The van der Waals surface area contributed by atoms with Crippen LogP contribution in [0, 0.1) is 0 Å². The number of hydrogen-bond donors (Lipinski definition) is 4. The first kappa shape index (κ1) is 15.1. The number of hydrogen-bond acceptors (Lipinski definition) is 5. The number of carbonyl (C=O) groups excluding carboxylic acids is 2. The molecule has 0 spiro atoms. The monoisotopic (exact) mass is 286 g/mol. The first-order valence-electron chi connectivity index (χ1n) is 5.49. The second kappa shape index (κ2) is 7.49. The molecule has 4 N–H and O–H groups in total. The van der Waals surface area contributed by atoms with Gasteiger partial charge in [0.15, 0.2) is 0 Å². The van der Waals surface area contributed by atoms with Crippen LogP contribution in [-0.2, 0) is 9.59 Å². The summed E-state index contributed by atoms with van der Waals surface area (Å²) >= 11 is 1.28. The number of amides is 2. The molecule has 0 aliphatic carbocycles. The van der Waals surface area contributed by atoms with Crippen LogP contribution in [-0.4, -0.2) is 47.2 Å². The summed E-state index contributed by atoms with van der Waals surface area (Å²) in [5.74, 6) is -2.13. The van der Waals surface area contributed by atoms with Gasteiger partial charge in [-0.25, -0.2) is 4.79 Å². The van der Waals surface area contributed by atoms with Gasteiger partial charge in [0.1, 0.15) is 6.04 Å². The van der Waals surface area contributed by atoms with E-state index in [9.17, 15) is 14.4 Å². The predicted molar refractivity (Wildman–Crippen MR) is 67.9 cm³/mol. The van der Waals surface area contributed by atoms with Crippen molar-refractivity contribution in [1.29, 1.82) is 0 Å². The number of aliphatic hydroxyl groups excluding tert-OH is 1. The molecule has 7 nitrogen and oxygen atoms in total. The van der Waals surface area contributed by atoms with E-state index in [0.29, 0.717) is 4.88 Å². The van der Waals surface area contributed by atoms with Crippen molar-refractivity contribution in [2.24, 2.45) is 0 Å². The number of thiophene rings is 1. The molecule has 1 atom stereocenters. The lowest BCUT2D eigenvalue weighted by Crippen LogP contribution is -2.44. The average molecular weight is 286 g/mol. The summed E-state index contributed by atoms with van der Waals surface area (Å²) in [6.45, 7) is -0.580. The van der Waals surface area contributed by atoms with E-state index in [1.807, 2.05) is 0 Å². The topological polar surface area (TPSA) is 116 Å². The first-order valence-corrected chi connectivity index (χ1v) is 6.37. The Labute approximate surface area is 113 Å². The van der Waals surface area contributed by atoms with Crippen LogP contribution in [0.15, 0.2) is 17.5 Å². The van der Waals surface area contributed by atoms with E-state index in [1.165, 1.54) is 11.3 Å². The number of carboxylic acid groups (broad SMARTS) is 1. The van der Waals surface area contributed by atoms with Crippen LogP contribution < -0.4 is 10.6 Å². The molecule has 1 rings (SSSR count). The normalized spacial score (nSPS) is 11.6. The third kappa shape index (κ3) is 5.06. The fraction of sp³-hybridized carbons (Fsp3) is 0.364. The number of rotatable bonds is 7. The lowest BCUT2D eigenvalue weighted by atomic mass is 10.3. The Morgan fingerprint density at radius 1 is 1.37 bits per heavy atom. The minimum Gasteiger partial charge on any atom is -0.480 e. The van der Waals surface area contributed by atoms with Crippen LogP contribution in [0.25, 0.3) is 0 Å². The summed E-state index contributed by atoms with van der Waals surface area (Å²) in [7, 11) is 0. The van der Waals surface area contributed by atoms with Crippen molar-refractivity contribution >= 4 is 29.1 Å². The molecule has 8 heteroatoms. The highest BCUT2D eigenvalue weighted by Gasteiger charge is 2.18. The Kier molecular flexibility index (Phi) is 5.97. The standard InChI is InChI=1S/C11H14N2O5S/c14-6-7(11(17)18)13-9(15)3-4-12-10(16)8-2-1-5-19-8/h1-2,5,7,14H,3-4,6H2,(H,12,16)(H,13,15)(H,17,18). The molecule has 1 aromatic heterocycles. The smallest absolute Gasteiger partial charge is 0.328 e. The Morgan fingerprint density at radius 3 is 2.63 bits per heavy atom. The van der Waals surface area contributed by atoms with Gasteiger partial charge in [-0.1, -0.05) is 6.07 Å². The average Bonchev–Trinajstić information content (AvgIpc) is 2.89. The number of aliphatic carboxylic acids is 1. The Morgan fingerprint density at radius 2 is 2.11 bits per heavy atom. The largest absolute Gasteiger partial charge is 0.480 e. The predicted octanol–water partition coefficient (Wildman–Crippen LogP) is -0.570. The number of carboxylic acids is 1.